The highest BCUT2D eigenvalue weighted by Gasteiger charge is 2.14. The molecule has 1 N–H and O–H groups in total. The molecule has 0 unspecified atom stereocenters. The number of carbonyl (C=O) groups is 1. The fraction of sp³-hybridized carbons (Fsp3) is 0.143. The van der Waals surface area contributed by atoms with E-state index in [4.69, 9.17) is 25.8 Å². The number of benzene rings is 2. The second-order valence-corrected chi connectivity index (χ2v) is 6.23. The number of nitrogens with one attached hydrogen (secondary N) is 1. The summed E-state index contributed by atoms with van der Waals surface area (Å²) in [6.07, 6.45) is 3.44. The Kier molecular flexibility index (Phi) is 6.34. The summed E-state index contributed by atoms with van der Waals surface area (Å²) in [5.74, 6) is 1.14. The molecule has 2 aromatic carbocycles. The Morgan fingerprint density at radius 1 is 1.07 bits per heavy atom. The second kappa shape index (κ2) is 9.10. The zero-order valence-corrected chi connectivity index (χ0v) is 16.2. The third-order valence-corrected chi connectivity index (χ3v) is 4.24. The first-order chi connectivity index (χ1) is 13.6. The summed E-state index contributed by atoms with van der Waals surface area (Å²) in [7, 11) is 3.00. The average molecular weight is 399 g/mol. The van der Waals surface area contributed by atoms with Crippen molar-refractivity contribution < 1.29 is 19.0 Å². The molecule has 0 atom stereocenters. The number of amides is 1. The van der Waals surface area contributed by atoms with Gasteiger partial charge in [-0.2, -0.15) is 0 Å². The maximum Gasteiger partial charge on any atom is 0.255 e. The molecule has 6 nitrogen and oxygen atoms in total. The van der Waals surface area contributed by atoms with Crippen LogP contribution in [0.4, 0.5) is 5.69 Å². The van der Waals surface area contributed by atoms with Crippen molar-refractivity contribution in [1.29, 1.82) is 0 Å². The molecule has 3 rings (SSSR count). The van der Waals surface area contributed by atoms with E-state index in [0.29, 0.717) is 40.1 Å². The molecule has 0 saturated heterocycles. The van der Waals surface area contributed by atoms with Crippen LogP contribution in [0.3, 0.4) is 0 Å². The molecule has 0 aliphatic carbocycles. The molecule has 144 valence electrons. The van der Waals surface area contributed by atoms with Gasteiger partial charge in [0, 0.05) is 35.7 Å². The van der Waals surface area contributed by atoms with Crippen LogP contribution in [0, 0.1) is 0 Å². The van der Waals surface area contributed by atoms with Crippen LogP contribution < -0.4 is 19.5 Å². The molecule has 0 radical (unpaired) electrons. The summed E-state index contributed by atoms with van der Waals surface area (Å²) in [6.45, 7) is 0.362. The van der Waals surface area contributed by atoms with Gasteiger partial charge in [0.25, 0.3) is 5.91 Å². The van der Waals surface area contributed by atoms with E-state index in [-0.39, 0.29) is 5.91 Å². The van der Waals surface area contributed by atoms with Gasteiger partial charge in [0.1, 0.15) is 23.9 Å². The molecule has 1 heterocycles. The lowest BCUT2D eigenvalue weighted by Crippen LogP contribution is -2.13. The normalized spacial score (nSPS) is 10.2. The van der Waals surface area contributed by atoms with Crippen molar-refractivity contribution in [2.24, 2.45) is 0 Å². The number of aromatic nitrogens is 1. The number of carbonyl (C=O) groups excluding carboxylic acids is 1. The summed E-state index contributed by atoms with van der Waals surface area (Å²) in [4.78, 5) is 16.7. The van der Waals surface area contributed by atoms with Gasteiger partial charge >= 0.3 is 0 Å². The van der Waals surface area contributed by atoms with Gasteiger partial charge < -0.3 is 19.5 Å². The van der Waals surface area contributed by atoms with E-state index in [1.165, 1.54) is 14.2 Å². The second-order valence-electron chi connectivity index (χ2n) is 5.82. The van der Waals surface area contributed by atoms with Crippen molar-refractivity contribution in [1.82, 2.24) is 4.98 Å². The van der Waals surface area contributed by atoms with E-state index in [9.17, 15) is 4.79 Å². The molecule has 0 saturated carbocycles. The van der Waals surface area contributed by atoms with Gasteiger partial charge in [-0.25, -0.2) is 0 Å². The number of rotatable bonds is 7. The minimum atomic E-state index is -0.311. The van der Waals surface area contributed by atoms with E-state index in [0.717, 1.165) is 5.56 Å². The molecule has 3 aromatic rings. The topological polar surface area (TPSA) is 69.7 Å². The van der Waals surface area contributed by atoms with Crippen LogP contribution in [-0.2, 0) is 6.61 Å². The van der Waals surface area contributed by atoms with Crippen LogP contribution in [0.25, 0.3) is 0 Å². The minimum Gasteiger partial charge on any atom is -0.495 e. The zero-order chi connectivity index (χ0) is 19.9. The van der Waals surface area contributed by atoms with Gasteiger partial charge in [-0.3, -0.25) is 9.78 Å². The van der Waals surface area contributed by atoms with E-state index in [1.807, 2.05) is 12.1 Å². The predicted molar refractivity (Wildman–Crippen MR) is 108 cm³/mol. The van der Waals surface area contributed by atoms with Crippen LogP contribution in [0.5, 0.6) is 17.2 Å². The van der Waals surface area contributed by atoms with Crippen LogP contribution in [0.1, 0.15) is 15.9 Å². The molecular weight excluding hydrogens is 380 g/mol. The number of ether oxygens (including phenoxy) is 3. The molecule has 0 bridgehead atoms. The fourth-order valence-electron chi connectivity index (χ4n) is 2.53. The Morgan fingerprint density at radius 3 is 2.61 bits per heavy atom. The average Bonchev–Trinajstić information content (AvgIpc) is 2.74. The van der Waals surface area contributed by atoms with E-state index >= 15 is 0 Å². The predicted octanol–water partition coefficient (Wildman–Crippen LogP) is 4.58. The summed E-state index contributed by atoms with van der Waals surface area (Å²) >= 11 is 6.10. The highest BCUT2D eigenvalue weighted by atomic mass is 35.5. The van der Waals surface area contributed by atoms with Gasteiger partial charge in [0.2, 0.25) is 0 Å². The summed E-state index contributed by atoms with van der Waals surface area (Å²) in [6, 6.07) is 13.9. The standard InChI is InChI=1S/C21H19ClN2O4/c1-26-19-11-18(20(27-2)10-17(19)22)24-21(25)15-6-3-7-16(9-15)28-13-14-5-4-8-23-12-14/h3-12H,13H2,1-2H3,(H,24,25). The summed E-state index contributed by atoms with van der Waals surface area (Å²) < 4.78 is 16.2. The van der Waals surface area contributed by atoms with E-state index < -0.39 is 0 Å². The van der Waals surface area contributed by atoms with Crippen molar-refractivity contribution in [2.45, 2.75) is 6.61 Å². The van der Waals surface area contributed by atoms with Crippen molar-refractivity contribution in [3.05, 3.63) is 77.1 Å². The van der Waals surface area contributed by atoms with Gasteiger partial charge in [0.15, 0.2) is 0 Å². The SMILES string of the molecule is COc1cc(NC(=O)c2cccc(OCc3cccnc3)c2)c(OC)cc1Cl. The number of hydrogen-bond donors (Lipinski definition) is 1. The lowest BCUT2D eigenvalue weighted by atomic mass is 10.2. The number of methoxy groups -OCH3 is 2. The van der Waals surface area contributed by atoms with E-state index in [1.54, 1.807) is 48.8 Å². The monoisotopic (exact) mass is 398 g/mol. The largest absolute Gasteiger partial charge is 0.495 e. The lowest BCUT2D eigenvalue weighted by Gasteiger charge is -2.13. The fourth-order valence-corrected chi connectivity index (χ4v) is 2.76. The Labute approximate surface area is 168 Å². The molecule has 1 aromatic heterocycles. The van der Waals surface area contributed by atoms with Crippen molar-refractivity contribution in [2.75, 3.05) is 19.5 Å². The van der Waals surface area contributed by atoms with Gasteiger partial charge in [-0.15, -0.1) is 0 Å². The number of nitrogens with zero attached hydrogens (tertiary/aromatic N) is 1. The first-order valence-electron chi connectivity index (χ1n) is 8.45. The van der Waals surface area contributed by atoms with Gasteiger partial charge in [-0.1, -0.05) is 23.7 Å². The Morgan fingerprint density at radius 2 is 1.89 bits per heavy atom. The third kappa shape index (κ3) is 4.72. The third-order valence-electron chi connectivity index (χ3n) is 3.95. The van der Waals surface area contributed by atoms with Gasteiger partial charge in [-0.05, 0) is 24.3 Å². The highest BCUT2D eigenvalue weighted by molar-refractivity contribution is 6.32. The molecule has 1 amide bonds. The Hall–Kier alpha value is -3.25. The van der Waals surface area contributed by atoms with Crippen LogP contribution >= 0.6 is 11.6 Å². The van der Waals surface area contributed by atoms with Crippen LogP contribution in [0.15, 0.2) is 60.9 Å². The number of pyridine rings is 1. The maximum atomic E-state index is 12.7. The molecular formula is C21H19ClN2O4. The zero-order valence-electron chi connectivity index (χ0n) is 15.4. The van der Waals surface area contributed by atoms with E-state index in [2.05, 4.69) is 10.3 Å². The van der Waals surface area contributed by atoms with Crippen molar-refractivity contribution in [3.63, 3.8) is 0 Å². The first-order valence-corrected chi connectivity index (χ1v) is 8.83. The van der Waals surface area contributed by atoms with Crippen molar-refractivity contribution in [3.8, 4) is 17.2 Å². The Balaban J connectivity index is 1.74. The molecule has 0 spiro atoms. The highest BCUT2D eigenvalue weighted by Crippen LogP contribution is 2.36. The van der Waals surface area contributed by atoms with Crippen LogP contribution in [0.2, 0.25) is 5.02 Å². The number of hydrogen-bond acceptors (Lipinski definition) is 5. The summed E-state index contributed by atoms with van der Waals surface area (Å²) in [5.41, 5.74) is 1.84. The molecule has 7 heteroatoms. The molecule has 0 aliphatic heterocycles. The number of anilines is 1. The van der Waals surface area contributed by atoms with Gasteiger partial charge in [0.05, 0.1) is 24.9 Å². The quantitative estimate of drug-likeness (QED) is 0.630. The lowest BCUT2D eigenvalue weighted by molar-refractivity contribution is 0.102. The first kappa shape index (κ1) is 19.5. The number of halogens is 1. The molecule has 0 fully saturated rings. The maximum absolute atomic E-state index is 12.7. The molecule has 0 aliphatic rings. The smallest absolute Gasteiger partial charge is 0.255 e. The Bertz CT molecular complexity index is 964. The molecule has 28 heavy (non-hydrogen) atoms. The summed E-state index contributed by atoms with van der Waals surface area (Å²) in [5, 5.41) is 3.20. The van der Waals surface area contributed by atoms with Crippen molar-refractivity contribution >= 4 is 23.2 Å². The van der Waals surface area contributed by atoms with Crippen LogP contribution in [-0.4, -0.2) is 25.1 Å². The minimum absolute atomic E-state index is 0.311.